The third-order valence-corrected chi connectivity index (χ3v) is 15.9. The first-order valence-corrected chi connectivity index (χ1v) is 21.8. The van der Waals surface area contributed by atoms with Crippen LogP contribution in [0.2, 0.25) is 0 Å². The van der Waals surface area contributed by atoms with Crippen molar-refractivity contribution in [2.45, 2.75) is 106 Å². The molecule has 3 fully saturated rings. The number of anilines is 1. The Morgan fingerprint density at radius 2 is 1.72 bits per heavy atom. The molecule has 3 aromatic rings. The maximum absolute atomic E-state index is 15.4. The highest BCUT2D eigenvalue weighted by Gasteiger charge is 2.80. The van der Waals surface area contributed by atoms with Crippen LogP contribution in [0.1, 0.15) is 80.8 Å². The second kappa shape index (κ2) is 14.5. The number of carbonyl (C=O) groups is 3. The van der Waals surface area contributed by atoms with Gasteiger partial charge in [-0.25, -0.2) is 4.79 Å². The number of H-pyrrole nitrogens is 1. The number of benzene rings is 2. The Bertz CT molecular complexity index is 2330. The number of carbonyl (C=O) groups excluding carboxylic acids is 3. The van der Waals surface area contributed by atoms with Crippen LogP contribution in [0, 0.1) is 11.3 Å². The molecule has 14 nitrogen and oxygen atoms in total. The van der Waals surface area contributed by atoms with E-state index >= 15 is 4.79 Å². The van der Waals surface area contributed by atoms with E-state index in [-0.39, 0.29) is 25.0 Å². The smallest absolute Gasteiger partial charge is 0.344 e. The largest absolute Gasteiger partial charge is 0.496 e. The van der Waals surface area contributed by atoms with Gasteiger partial charge < -0.3 is 44.2 Å². The van der Waals surface area contributed by atoms with E-state index in [1.165, 1.54) is 21.1 Å². The number of hydrogen-bond donors (Lipinski definition) is 4. The third kappa shape index (κ3) is 5.54. The van der Waals surface area contributed by atoms with Gasteiger partial charge in [0.15, 0.2) is 6.10 Å². The fourth-order valence-electron chi connectivity index (χ4n) is 13.7. The number of hydrogen-bond acceptors (Lipinski definition) is 13. The number of nitrogens with zero attached hydrogens (tertiary/aromatic N) is 3. The quantitative estimate of drug-likeness (QED) is 0.148. The molecular formula is C47H60N4O10. The molecule has 1 spiro atoms. The van der Waals surface area contributed by atoms with Crippen molar-refractivity contribution in [3.63, 3.8) is 0 Å². The molecule has 6 heterocycles. The van der Waals surface area contributed by atoms with Crippen LogP contribution in [-0.4, -0.2) is 139 Å². The fourth-order valence-corrected chi connectivity index (χ4v) is 13.7. The summed E-state index contributed by atoms with van der Waals surface area (Å²) in [5, 5.41) is 36.5. The Labute approximate surface area is 356 Å². The number of ether oxygens (including phenoxy) is 4. The van der Waals surface area contributed by atoms with Gasteiger partial charge >= 0.3 is 17.9 Å². The number of aliphatic hydroxyl groups is 3. The number of fused-ring (bicyclic) bond motifs is 6. The molecule has 0 amide bonds. The molecule has 4 N–H and O–H groups in total. The van der Waals surface area contributed by atoms with E-state index in [4.69, 9.17) is 18.9 Å². The molecule has 1 unspecified atom stereocenters. The zero-order valence-corrected chi connectivity index (χ0v) is 36.4. The zero-order valence-electron chi connectivity index (χ0n) is 36.4. The standard InChI is InChI=1S/C47H60N4O10/c1-8-43(56)22-29-23-46(41(54)59-6,37-30(13-17-50(24-29)26-43)31-19-28(25-52)11-12-34(31)48-37)33-20-32-35(21-36(33)58-5)49(4)39-45(32)15-18-51-16-10-14-44(9-2,38(45)51)40(61-27(3)53)47(39,57)42(55)60-7/h10-12,14,19-21,29,38-40,48,52,56-57H,8-9,13,15-18,22-26H2,1-7H3/t29-,38+,39-,40-,43+,44-,45-,46+,47+/m1/s1. The normalized spacial score (nSPS) is 36.2. The summed E-state index contributed by atoms with van der Waals surface area (Å²) in [6, 6.07) is 8.52. The number of methoxy groups -OCH3 is 3. The third-order valence-electron chi connectivity index (χ3n) is 15.9. The maximum Gasteiger partial charge on any atom is 0.344 e. The Hall–Kier alpha value is -4.47. The number of rotatable bonds is 8. The molecular weight excluding hydrogens is 781 g/mol. The van der Waals surface area contributed by atoms with Gasteiger partial charge in [-0.05, 0) is 85.9 Å². The summed E-state index contributed by atoms with van der Waals surface area (Å²) >= 11 is 0. The second-order valence-electron chi connectivity index (χ2n) is 18.7. The van der Waals surface area contributed by atoms with Gasteiger partial charge in [-0.15, -0.1) is 0 Å². The highest BCUT2D eigenvalue weighted by molar-refractivity contribution is 5.95. The monoisotopic (exact) mass is 840 g/mol. The van der Waals surface area contributed by atoms with Crippen LogP contribution in [0.4, 0.5) is 5.69 Å². The Morgan fingerprint density at radius 3 is 2.39 bits per heavy atom. The molecule has 328 valence electrons. The first kappa shape index (κ1) is 41.9. The number of likely N-dealkylation sites (N-methyl/N-ethyl adjacent to an activating group) is 1. The van der Waals surface area contributed by atoms with E-state index in [1.807, 2.05) is 62.2 Å². The van der Waals surface area contributed by atoms with Gasteiger partial charge in [0.1, 0.15) is 11.2 Å². The lowest BCUT2D eigenvalue weighted by molar-refractivity contribution is -0.228. The lowest BCUT2D eigenvalue weighted by Crippen LogP contribution is -2.81. The van der Waals surface area contributed by atoms with Crippen molar-refractivity contribution in [3.8, 4) is 5.75 Å². The van der Waals surface area contributed by atoms with Crippen LogP contribution in [0.3, 0.4) is 0 Å². The number of esters is 3. The van der Waals surface area contributed by atoms with Gasteiger partial charge in [0.05, 0.1) is 39.6 Å². The van der Waals surface area contributed by atoms with Crippen molar-refractivity contribution in [2.75, 3.05) is 66.0 Å². The summed E-state index contributed by atoms with van der Waals surface area (Å²) in [7, 11) is 6.08. The predicted octanol–water partition coefficient (Wildman–Crippen LogP) is 3.48. The molecule has 1 saturated carbocycles. The number of piperidine rings is 1. The van der Waals surface area contributed by atoms with Crippen LogP contribution >= 0.6 is 0 Å². The van der Waals surface area contributed by atoms with E-state index < -0.39 is 57.5 Å². The van der Waals surface area contributed by atoms with Gasteiger partial charge in [-0.2, -0.15) is 0 Å². The molecule has 2 saturated heterocycles. The first-order chi connectivity index (χ1) is 29.2. The molecule has 5 aliphatic heterocycles. The molecule has 6 aliphatic rings. The summed E-state index contributed by atoms with van der Waals surface area (Å²) in [6.07, 6.45) is 5.67. The zero-order chi connectivity index (χ0) is 43.4. The maximum atomic E-state index is 15.4. The molecule has 2 bridgehead atoms. The van der Waals surface area contributed by atoms with Gasteiger partial charge in [-0.1, -0.05) is 32.1 Å². The molecule has 1 aromatic heterocycles. The van der Waals surface area contributed by atoms with Gasteiger partial charge in [-0.3, -0.25) is 19.4 Å². The van der Waals surface area contributed by atoms with Crippen molar-refractivity contribution in [3.05, 3.63) is 70.4 Å². The number of aliphatic hydroxyl groups excluding tert-OH is 1. The molecule has 2 aromatic carbocycles. The molecule has 0 radical (unpaired) electrons. The van der Waals surface area contributed by atoms with Crippen molar-refractivity contribution >= 4 is 34.5 Å². The highest BCUT2D eigenvalue weighted by Crippen LogP contribution is 2.68. The first-order valence-electron chi connectivity index (χ1n) is 21.8. The Morgan fingerprint density at radius 1 is 0.951 bits per heavy atom. The minimum absolute atomic E-state index is 0.142. The minimum atomic E-state index is -2.32. The average Bonchev–Trinajstić information content (AvgIpc) is 3.92. The topological polar surface area (TPSA) is 174 Å². The SMILES string of the molecule is CC[C@]1(O)C[C@H]2CN(CCc3c([nH]c4ccc(CO)cc34)[C@@](C(=O)OC)(c3cc4c(cc3OC)N(C)[C@H]3[C@@](O)(C(=O)OC)[C@H](OC(C)=O)[C@]5(CC)C=CCN6CC[C@]43[C@@H]65)C2)C1. The number of nitrogens with one attached hydrogen (secondary N) is 1. The summed E-state index contributed by atoms with van der Waals surface area (Å²) in [5.74, 6) is -1.72. The van der Waals surface area contributed by atoms with Crippen LogP contribution in [0.15, 0.2) is 42.5 Å². The molecule has 10 atom stereocenters. The van der Waals surface area contributed by atoms with E-state index in [2.05, 4.69) is 20.9 Å². The van der Waals surface area contributed by atoms with Crippen molar-refractivity contribution in [1.82, 2.24) is 14.8 Å². The fraction of sp³-hybridized carbons (Fsp3) is 0.596. The lowest BCUT2D eigenvalue weighted by Gasteiger charge is -2.63. The van der Waals surface area contributed by atoms with Gasteiger partial charge in [0.25, 0.3) is 0 Å². The van der Waals surface area contributed by atoms with Crippen LogP contribution in [0.5, 0.6) is 5.75 Å². The van der Waals surface area contributed by atoms with E-state index in [0.717, 1.165) is 33.3 Å². The summed E-state index contributed by atoms with van der Waals surface area (Å²) in [4.78, 5) is 53.2. The molecule has 14 heteroatoms. The van der Waals surface area contributed by atoms with E-state index in [9.17, 15) is 24.9 Å². The Balaban J connectivity index is 1.37. The molecule has 9 rings (SSSR count). The van der Waals surface area contributed by atoms with Gasteiger partial charge in [0.2, 0.25) is 5.60 Å². The second-order valence-corrected chi connectivity index (χ2v) is 18.7. The summed E-state index contributed by atoms with van der Waals surface area (Å²) < 4.78 is 23.9. The van der Waals surface area contributed by atoms with Crippen molar-refractivity contribution < 1.29 is 48.7 Å². The highest BCUT2D eigenvalue weighted by atomic mass is 16.6. The van der Waals surface area contributed by atoms with Crippen LogP contribution < -0.4 is 9.64 Å². The van der Waals surface area contributed by atoms with Crippen molar-refractivity contribution in [2.24, 2.45) is 11.3 Å². The average molecular weight is 841 g/mol. The lowest BCUT2D eigenvalue weighted by atomic mass is 9.47. The number of aromatic amines is 1. The van der Waals surface area contributed by atoms with Gasteiger partial charge in [0, 0.05) is 90.9 Å². The predicted molar refractivity (Wildman–Crippen MR) is 226 cm³/mol. The molecule has 1 aliphatic carbocycles. The Kier molecular flexibility index (Phi) is 9.98. The van der Waals surface area contributed by atoms with Crippen LogP contribution in [-0.2, 0) is 52.5 Å². The minimum Gasteiger partial charge on any atom is -0.496 e. The molecule has 61 heavy (non-hydrogen) atoms. The van der Waals surface area contributed by atoms with E-state index in [0.29, 0.717) is 81.8 Å². The van der Waals surface area contributed by atoms with Crippen LogP contribution in [0.25, 0.3) is 10.9 Å². The number of aromatic nitrogens is 1. The van der Waals surface area contributed by atoms with Crippen molar-refractivity contribution in [1.29, 1.82) is 0 Å². The summed E-state index contributed by atoms with van der Waals surface area (Å²) in [5.41, 5.74) is -1.42. The van der Waals surface area contributed by atoms with E-state index in [1.54, 1.807) is 7.11 Å². The summed E-state index contributed by atoms with van der Waals surface area (Å²) in [6.45, 7) is 8.26.